The summed E-state index contributed by atoms with van der Waals surface area (Å²) in [5, 5.41) is 12.7. The normalized spacial score (nSPS) is 14.8. The molecule has 0 aliphatic carbocycles. The third-order valence-corrected chi connectivity index (χ3v) is 6.33. The molecule has 0 spiro atoms. The van der Waals surface area contributed by atoms with E-state index in [0.717, 1.165) is 0 Å². The second kappa shape index (κ2) is 7.23. The van der Waals surface area contributed by atoms with Gasteiger partial charge in [0, 0.05) is 0 Å². The maximum Gasteiger partial charge on any atom is 0.240 e. The molecular weight excluding hydrogens is 288 g/mol. The Kier molecular flexibility index (Phi) is 5.56. The molecule has 2 aromatic carbocycles. The first kappa shape index (κ1) is 16.9. The molecule has 0 radical (unpaired) electrons. The lowest BCUT2D eigenvalue weighted by molar-refractivity contribution is -0.0170. The summed E-state index contributed by atoms with van der Waals surface area (Å²) in [5.74, 6) is 0. The molecule has 0 saturated carbocycles. The minimum atomic E-state index is -1.82. The van der Waals surface area contributed by atoms with E-state index in [9.17, 15) is 5.11 Å². The second-order valence-electron chi connectivity index (χ2n) is 6.86. The first-order valence-corrected chi connectivity index (χ1v) is 9.45. The van der Waals surface area contributed by atoms with Crippen molar-refractivity contribution >= 4 is 19.4 Å². The van der Waals surface area contributed by atoms with E-state index in [1.165, 1.54) is 10.4 Å². The molecular formula is C19H26O2Si. The van der Waals surface area contributed by atoms with Gasteiger partial charge in [0.2, 0.25) is 9.04 Å². The van der Waals surface area contributed by atoms with Crippen LogP contribution in [0.5, 0.6) is 0 Å². The predicted octanol–water partition coefficient (Wildman–Crippen LogP) is 2.34. The minimum absolute atomic E-state index is 0.108. The molecule has 2 nitrogen and oxygen atoms in total. The first-order chi connectivity index (χ1) is 10.4. The van der Waals surface area contributed by atoms with Gasteiger partial charge in [0.15, 0.2) is 0 Å². The smallest absolute Gasteiger partial charge is 0.240 e. The Morgan fingerprint density at radius 1 is 0.864 bits per heavy atom. The largest absolute Gasteiger partial charge is 0.405 e. The number of benzene rings is 2. The van der Waals surface area contributed by atoms with Crippen molar-refractivity contribution in [2.45, 2.75) is 39.9 Å². The van der Waals surface area contributed by atoms with Gasteiger partial charge in [0.1, 0.15) is 0 Å². The van der Waals surface area contributed by atoms with Crippen LogP contribution in [-0.4, -0.2) is 26.4 Å². The third-order valence-electron chi connectivity index (χ3n) is 3.78. The van der Waals surface area contributed by atoms with Crippen LogP contribution in [0.4, 0.5) is 0 Å². The fourth-order valence-electron chi connectivity index (χ4n) is 2.79. The zero-order valence-corrected chi connectivity index (χ0v) is 15.0. The van der Waals surface area contributed by atoms with Crippen LogP contribution in [-0.2, 0) is 4.43 Å². The van der Waals surface area contributed by atoms with E-state index in [4.69, 9.17) is 4.43 Å². The fourth-order valence-corrected chi connectivity index (χ4v) is 5.56. The minimum Gasteiger partial charge on any atom is -0.405 e. The molecule has 2 aromatic rings. The molecule has 0 amide bonds. The Bertz CT molecular complexity index is 521. The van der Waals surface area contributed by atoms with Crippen LogP contribution >= 0.6 is 0 Å². The number of rotatable bonds is 5. The van der Waals surface area contributed by atoms with E-state index in [-0.39, 0.29) is 11.5 Å². The molecule has 3 heteroatoms. The molecule has 0 fully saturated rings. The van der Waals surface area contributed by atoms with Crippen LogP contribution in [0.15, 0.2) is 60.7 Å². The lowest BCUT2D eigenvalue weighted by Gasteiger charge is -2.36. The summed E-state index contributed by atoms with van der Waals surface area (Å²) >= 11 is 0. The summed E-state index contributed by atoms with van der Waals surface area (Å²) in [5.41, 5.74) is -0.108. The molecule has 2 atom stereocenters. The van der Waals surface area contributed by atoms with Crippen molar-refractivity contribution in [3.63, 3.8) is 0 Å². The SMILES string of the molecule is CC(O)C(O[SiH](c1ccccc1)c1ccccc1)C(C)(C)C. The molecule has 0 heterocycles. The Labute approximate surface area is 135 Å². The van der Waals surface area contributed by atoms with Crippen molar-refractivity contribution in [1.29, 1.82) is 0 Å². The van der Waals surface area contributed by atoms with Crippen molar-refractivity contribution < 1.29 is 9.53 Å². The van der Waals surface area contributed by atoms with Crippen molar-refractivity contribution in [2.24, 2.45) is 5.41 Å². The number of aliphatic hydroxyl groups excluding tert-OH is 1. The average molecular weight is 315 g/mol. The van der Waals surface area contributed by atoms with Crippen molar-refractivity contribution in [3.8, 4) is 0 Å². The van der Waals surface area contributed by atoms with Crippen molar-refractivity contribution in [2.75, 3.05) is 0 Å². The highest BCUT2D eigenvalue weighted by atomic mass is 28.3. The lowest BCUT2D eigenvalue weighted by atomic mass is 9.86. The van der Waals surface area contributed by atoms with Crippen LogP contribution in [0.25, 0.3) is 0 Å². The molecule has 22 heavy (non-hydrogen) atoms. The van der Waals surface area contributed by atoms with Gasteiger partial charge in [-0.25, -0.2) is 0 Å². The van der Waals surface area contributed by atoms with Gasteiger partial charge < -0.3 is 9.53 Å². The van der Waals surface area contributed by atoms with E-state index in [1.807, 2.05) is 19.1 Å². The highest BCUT2D eigenvalue weighted by Crippen LogP contribution is 2.25. The van der Waals surface area contributed by atoms with Crippen molar-refractivity contribution in [3.05, 3.63) is 60.7 Å². The standard InChI is InChI=1S/C19H26O2Si/c1-15(20)18(19(2,3)4)21-22(16-11-7-5-8-12-16)17-13-9-6-10-14-17/h5-15,18,20,22H,1-4H3. The highest BCUT2D eigenvalue weighted by Gasteiger charge is 2.33. The van der Waals surface area contributed by atoms with Gasteiger partial charge in [-0.15, -0.1) is 0 Å². The fraction of sp³-hybridized carbons (Fsp3) is 0.368. The molecule has 0 aliphatic rings. The maximum atomic E-state index is 10.2. The lowest BCUT2D eigenvalue weighted by Crippen LogP contribution is -2.52. The van der Waals surface area contributed by atoms with E-state index < -0.39 is 15.1 Å². The molecule has 2 unspecified atom stereocenters. The molecule has 2 rings (SSSR count). The molecule has 1 N–H and O–H groups in total. The average Bonchev–Trinajstić information content (AvgIpc) is 2.48. The van der Waals surface area contributed by atoms with E-state index in [1.54, 1.807) is 0 Å². The van der Waals surface area contributed by atoms with Crippen LogP contribution in [0.2, 0.25) is 0 Å². The van der Waals surface area contributed by atoms with E-state index in [2.05, 4.69) is 69.3 Å². The molecule has 0 saturated heterocycles. The summed E-state index contributed by atoms with van der Waals surface area (Å²) < 4.78 is 6.54. The van der Waals surface area contributed by atoms with E-state index in [0.29, 0.717) is 0 Å². The molecule has 0 bridgehead atoms. The van der Waals surface area contributed by atoms with Gasteiger partial charge in [-0.2, -0.15) is 0 Å². The zero-order valence-electron chi connectivity index (χ0n) is 13.9. The third kappa shape index (κ3) is 4.29. The van der Waals surface area contributed by atoms with Gasteiger partial charge in [0.05, 0.1) is 12.2 Å². The van der Waals surface area contributed by atoms with Crippen LogP contribution in [0.3, 0.4) is 0 Å². The molecule has 118 valence electrons. The first-order valence-electron chi connectivity index (χ1n) is 7.83. The summed E-state index contributed by atoms with van der Waals surface area (Å²) in [6.45, 7) is 8.17. The summed E-state index contributed by atoms with van der Waals surface area (Å²) in [6, 6.07) is 20.8. The van der Waals surface area contributed by atoms with Gasteiger partial charge in [0.25, 0.3) is 0 Å². The Hall–Kier alpha value is -1.42. The summed E-state index contributed by atoms with van der Waals surface area (Å²) in [4.78, 5) is 0. The molecule has 0 aromatic heterocycles. The monoisotopic (exact) mass is 314 g/mol. The topological polar surface area (TPSA) is 29.5 Å². The summed E-state index contributed by atoms with van der Waals surface area (Å²) in [6.07, 6.45) is -0.688. The van der Waals surface area contributed by atoms with Crippen LogP contribution in [0, 0.1) is 5.41 Å². The molecule has 0 aliphatic heterocycles. The number of aliphatic hydroxyl groups is 1. The van der Waals surface area contributed by atoms with E-state index >= 15 is 0 Å². The van der Waals surface area contributed by atoms with Gasteiger partial charge in [-0.1, -0.05) is 81.4 Å². The predicted molar refractivity (Wildman–Crippen MR) is 95.3 cm³/mol. The summed E-state index contributed by atoms with van der Waals surface area (Å²) in [7, 11) is -1.82. The zero-order chi connectivity index (χ0) is 16.2. The van der Waals surface area contributed by atoms with Gasteiger partial charge in [-0.3, -0.25) is 0 Å². The van der Waals surface area contributed by atoms with Crippen LogP contribution in [0.1, 0.15) is 27.7 Å². The maximum absolute atomic E-state index is 10.2. The Balaban J connectivity index is 2.37. The Morgan fingerprint density at radius 2 is 1.27 bits per heavy atom. The quantitative estimate of drug-likeness (QED) is 0.859. The van der Waals surface area contributed by atoms with Gasteiger partial charge in [-0.05, 0) is 22.7 Å². The van der Waals surface area contributed by atoms with Crippen molar-refractivity contribution in [1.82, 2.24) is 0 Å². The Morgan fingerprint density at radius 3 is 1.59 bits per heavy atom. The number of hydrogen-bond acceptors (Lipinski definition) is 2. The highest BCUT2D eigenvalue weighted by molar-refractivity contribution is 6.80. The van der Waals surface area contributed by atoms with Gasteiger partial charge >= 0.3 is 0 Å². The van der Waals surface area contributed by atoms with Crippen LogP contribution < -0.4 is 10.4 Å². The number of hydrogen-bond donors (Lipinski definition) is 1. The second-order valence-corrected chi connectivity index (χ2v) is 9.23.